The van der Waals surface area contributed by atoms with Crippen molar-refractivity contribution in [2.45, 2.75) is 26.9 Å². The fourth-order valence-electron chi connectivity index (χ4n) is 2.01. The molecule has 0 fully saturated rings. The third kappa shape index (κ3) is 4.74. The Morgan fingerprint density at radius 2 is 1.86 bits per heavy atom. The molecule has 0 saturated heterocycles. The highest BCUT2D eigenvalue weighted by Gasteiger charge is 2.36. The van der Waals surface area contributed by atoms with Gasteiger partial charge >= 0.3 is 6.18 Å². The first-order chi connectivity index (χ1) is 9.57. The molecule has 1 rings (SSSR count). The van der Waals surface area contributed by atoms with Gasteiger partial charge in [-0.2, -0.15) is 13.2 Å². The maximum absolute atomic E-state index is 12.8. The van der Waals surface area contributed by atoms with Crippen LogP contribution in [0.25, 0.3) is 0 Å². The van der Waals surface area contributed by atoms with E-state index in [0.717, 1.165) is 12.1 Å². The minimum absolute atomic E-state index is 0.0530. The highest BCUT2D eigenvalue weighted by molar-refractivity contribution is 5.95. The largest absolute Gasteiger partial charge is 0.416 e. The molecule has 0 atom stereocenters. The van der Waals surface area contributed by atoms with Crippen molar-refractivity contribution in [3.05, 3.63) is 41.3 Å². The lowest BCUT2D eigenvalue weighted by molar-refractivity contribution is -0.137. The molecule has 0 saturated carbocycles. The molecule has 0 spiro atoms. The van der Waals surface area contributed by atoms with Gasteiger partial charge in [0.1, 0.15) is 0 Å². The van der Waals surface area contributed by atoms with E-state index in [1.54, 1.807) is 20.8 Å². The van der Waals surface area contributed by atoms with Crippen molar-refractivity contribution in [1.82, 2.24) is 5.32 Å². The summed E-state index contributed by atoms with van der Waals surface area (Å²) in [5.74, 6) is -0.224. The molecule has 6 heteroatoms. The van der Waals surface area contributed by atoms with Crippen LogP contribution in [0, 0.1) is 11.3 Å². The highest BCUT2D eigenvalue weighted by Crippen LogP contribution is 2.37. The van der Waals surface area contributed by atoms with Crippen molar-refractivity contribution in [3.63, 3.8) is 0 Å². The minimum Gasteiger partial charge on any atom is -0.395 e. The van der Waals surface area contributed by atoms with Gasteiger partial charge in [0.15, 0.2) is 0 Å². The fraction of sp³-hybridized carbons (Fsp3) is 0.467. The number of hydrogen-bond acceptors (Lipinski definition) is 2. The van der Waals surface area contributed by atoms with Crippen molar-refractivity contribution in [2.24, 2.45) is 5.41 Å². The Labute approximate surface area is 122 Å². The van der Waals surface area contributed by atoms with Crippen LogP contribution >= 0.6 is 0 Å². The van der Waals surface area contributed by atoms with E-state index in [9.17, 15) is 18.0 Å². The van der Waals surface area contributed by atoms with E-state index in [4.69, 9.17) is 5.11 Å². The van der Waals surface area contributed by atoms with Crippen LogP contribution in [0.3, 0.4) is 0 Å². The average Bonchev–Trinajstić information content (AvgIpc) is 2.34. The van der Waals surface area contributed by atoms with Crippen LogP contribution in [0.4, 0.5) is 13.2 Å². The summed E-state index contributed by atoms with van der Waals surface area (Å²) in [4.78, 5) is 12.2. The Hall–Kier alpha value is -1.56. The van der Waals surface area contributed by atoms with E-state index in [0.29, 0.717) is 0 Å². The number of nitrogens with one attached hydrogen (secondary N) is 1. The molecule has 3 nitrogen and oxygen atoms in total. The van der Waals surface area contributed by atoms with Crippen molar-refractivity contribution >= 4 is 5.91 Å². The SMILES string of the molecule is CC(C)(C)[C](C(=O)NCCO)c1cccc(C(F)(F)F)c1. The Morgan fingerprint density at radius 3 is 2.33 bits per heavy atom. The molecule has 1 radical (unpaired) electrons. The lowest BCUT2D eigenvalue weighted by atomic mass is 9.75. The van der Waals surface area contributed by atoms with Gasteiger partial charge < -0.3 is 10.4 Å². The lowest BCUT2D eigenvalue weighted by Gasteiger charge is -2.29. The molecule has 0 aliphatic heterocycles. The van der Waals surface area contributed by atoms with E-state index < -0.39 is 23.1 Å². The van der Waals surface area contributed by atoms with Gasteiger partial charge in [-0.05, 0) is 17.0 Å². The van der Waals surface area contributed by atoms with Crippen molar-refractivity contribution in [1.29, 1.82) is 0 Å². The topological polar surface area (TPSA) is 49.3 Å². The Morgan fingerprint density at radius 1 is 1.24 bits per heavy atom. The molecule has 0 aromatic heterocycles. The summed E-state index contributed by atoms with van der Waals surface area (Å²) in [5, 5.41) is 11.2. The van der Waals surface area contributed by atoms with Gasteiger partial charge in [0.05, 0.1) is 18.1 Å². The number of alkyl halides is 3. The summed E-state index contributed by atoms with van der Waals surface area (Å²) in [6, 6.07) is 4.70. The predicted molar refractivity (Wildman–Crippen MR) is 73.3 cm³/mol. The molecule has 117 valence electrons. The summed E-state index contributed by atoms with van der Waals surface area (Å²) >= 11 is 0. The molecule has 1 aromatic carbocycles. The summed E-state index contributed by atoms with van der Waals surface area (Å²) < 4.78 is 38.4. The maximum atomic E-state index is 12.8. The molecule has 21 heavy (non-hydrogen) atoms. The van der Waals surface area contributed by atoms with Crippen molar-refractivity contribution in [2.75, 3.05) is 13.2 Å². The van der Waals surface area contributed by atoms with Crippen molar-refractivity contribution in [3.8, 4) is 0 Å². The third-order valence-electron chi connectivity index (χ3n) is 2.85. The normalized spacial score (nSPS) is 12.6. The second kappa shape index (κ2) is 6.47. The maximum Gasteiger partial charge on any atom is 0.416 e. The number of hydrogen-bond donors (Lipinski definition) is 2. The molecule has 0 unspecified atom stereocenters. The van der Waals surface area contributed by atoms with Crippen LogP contribution in [-0.2, 0) is 11.0 Å². The van der Waals surface area contributed by atoms with E-state index >= 15 is 0 Å². The molecular weight excluding hydrogens is 283 g/mol. The molecule has 0 aliphatic rings. The summed E-state index contributed by atoms with van der Waals surface area (Å²) in [6.07, 6.45) is -4.46. The zero-order valence-corrected chi connectivity index (χ0v) is 12.2. The average molecular weight is 302 g/mol. The summed E-state index contributed by atoms with van der Waals surface area (Å²) in [7, 11) is 0. The van der Waals surface area contributed by atoms with E-state index in [1.165, 1.54) is 12.1 Å². The van der Waals surface area contributed by atoms with Crippen LogP contribution < -0.4 is 5.32 Å². The fourth-order valence-corrected chi connectivity index (χ4v) is 2.01. The number of halogens is 3. The molecule has 0 aliphatic carbocycles. The van der Waals surface area contributed by atoms with Crippen LogP contribution in [0.5, 0.6) is 0 Å². The second-order valence-electron chi connectivity index (χ2n) is 5.68. The van der Waals surface area contributed by atoms with E-state index in [2.05, 4.69) is 5.32 Å². The van der Waals surface area contributed by atoms with Gasteiger partial charge in [-0.15, -0.1) is 0 Å². The van der Waals surface area contributed by atoms with Crippen molar-refractivity contribution < 1.29 is 23.1 Å². The van der Waals surface area contributed by atoms with Crippen LogP contribution in [0.1, 0.15) is 31.9 Å². The first-order valence-corrected chi connectivity index (χ1v) is 6.51. The molecule has 1 amide bonds. The van der Waals surface area contributed by atoms with E-state index in [1.807, 2.05) is 0 Å². The summed E-state index contributed by atoms with van der Waals surface area (Å²) in [5.41, 5.74) is -1.20. The molecule has 0 heterocycles. The number of aliphatic hydroxyl groups is 1. The highest BCUT2D eigenvalue weighted by atomic mass is 19.4. The quantitative estimate of drug-likeness (QED) is 0.898. The zero-order chi connectivity index (χ0) is 16.3. The predicted octanol–water partition coefficient (Wildman–Crippen LogP) is 2.78. The van der Waals surface area contributed by atoms with Gasteiger partial charge in [0.25, 0.3) is 0 Å². The van der Waals surface area contributed by atoms with Crippen LogP contribution in [0.2, 0.25) is 0 Å². The number of carbonyl (C=O) groups excluding carboxylic acids is 1. The second-order valence-corrected chi connectivity index (χ2v) is 5.68. The smallest absolute Gasteiger partial charge is 0.395 e. The number of benzene rings is 1. The Kier molecular flexibility index (Phi) is 5.39. The van der Waals surface area contributed by atoms with Gasteiger partial charge in [-0.3, -0.25) is 4.79 Å². The van der Waals surface area contributed by atoms with Gasteiger partial charge in [-0.25, -0.2) is 0 Å². The first kappa shape index (κ1) is 17.5. The standard InChI is InChI=1S/C15H19F3NO2/c1-14(2,3)12(13(21)19-7-8-20)10-5-4-6-11(9-10)15(16,17)18/h4-6,9,20H,7-8H2,1-3H3,(H,19,21). The molecule has 0 bridgehead atoms. The van der Waals surface area contributed by atoms with Gasteiger partial charge in [0.2, 0.25) is 5.91 Å². The van der Waals surface area contributed by atoms with Gasteiger partial charge in [0, 0.05) is 6.54 Å². The van der Waals surface area contributed by atoms with Crippen LogP contribution in [-0.4, -0.2) is 24.2 Å². The molecule has 2 N–H and O–H groups in total. The monoisotopic (exact) mass is 302 g/mol. The number of carbonyl (C=O) groups is 1. The summed E-state index contributed by atoms with van der Waals surface area (Å²) in [6.45, 7) is 5.08. The molecule has 1 aromatic rings. The number of aliphatic hydroxyl groups excluding tert-OH is 1. The number of amides is 1. The third-order valence-corrected chi connectivity index (χ3v) is 2.85. The first-order valence-electron chi connectivity index (χ1n) is 6.51. The minimum atomic E-state index is -4.46. The zero-order valence-electron chi connectivity index (χ0n) is 12.2. The van der Waals surface area contributed by atoms with E-state index in [-0.39, 0.29) is 24.6 Å². The number of rotatable bonds is 4. The Balaban J connectivity index is 3.19. The van der Waals surface area contributed by atoms with Gasteiger partial charge in [-0.1, -0.05) is 39.0 Å². The lowest BCUT2D eigenvalue weighted by Crippen LogP contribution is -2.38. The molecular formula is C15H19F3NO2. The van der Waals surface area contributed by atoms with Crippen LogP contribution in [0.15, 0.2) is 24.3 Å². The Bertz CT molecular complexity index is 492.